The van der Waals surface area contributed by atoms with Crippen LogP contribution in [-0.2, 0) is 41.6 Å². The summed E-state index contributed by atoms with van der Waals surface area (Å²) in [5, 5.41) is 27.6. The molecule has 1 aromatic carbocycles. The van der Waals surface area contributed by atoms with Crippen LogP contribution >= 0.6 is 11.3 Å². The van der Waals surface area contributed by atoms with Crippen molar-refractivity contribution in [1.29, 1.82) is 0 Å². The predicted octanol–water partition coefficient (Wildman–Crippen LogP) is -0.949. The first kappa shape index (κ1) is 26.6. The lowest BCUT2D eigenvalue weighted by Gasteiger charge is -2.22. The predicted molar refractivity (Wildman–Crippen MR) is 127 cm³/mol. The summed E-state index contributed by atoms with van der Waals surface area (Å²) in [6.07, 6.45) is -2.28. The number of phenols is 1. The minimum absolute atomic E-state index is 0.0469. The molecule has 0 spiro atoms. The maximum absolute atomic E-state index is 12.9. The molecule has 36 heavy (non-hydrogen) atoms. The van der Waals surface area contributed by atoms with Gasteiger partial charge in [-0.15, -0.1) is 11.3 Å². The Labute approximate surface area is 209 Å². The molecule has 1 fully saturated rings. The highest BCUT2D eigenvalue weighted by Crippen LogP contribution is 2.22. The molecular formula is C23H26N4O8S. The van der Waals surface area contributed by atoms with E-state index in [9.17, 15) is 29.1 Å². The number of hydrogen-bond acceptors (Lipinski definition) is 8. The van der Waals surface area contributed by atoms with Gasteiger partial charge in [-0.25, -0.2) is 4.79 Å². The third-order valence-electron chi connectivity index (χ3n) is 5.40. The van der Waals surface area contributed by atoms with Gasteiger partial charge < -0.3 is 36.6 Å². The largest absolute Gasteiger partial charge is 0.508 e. The van der Waals surface area contributed by atoms with Gasteiger partial charge in [-0.05, 0) is 36.1 Å². The topological polar surface area (TPSA) is 200 Å². The Morgan fingerprint density at radius 3 is 2.22 bits per heavy atom. The van der Waals surface area contributed by atoms with Crippen LogP contribution in [0.2, 0.25) is 0 Å². The molecule has 192 valence electrons. The van der Waals surface area contributed by atoms with Crippen molar-refractivity contribution >= 4 is 40.9 Å². The number of aromatic hydroxyl groups is 1. The van der Waals surface area contributed by atoms with Gasteiger partial charge in [0, 0.05) is 17.7 Å². The quantitative estimate of drug-likeness (QED) is 0.193. The van der Waals surface area contributed by atoms with Crippen LogP contribution in [0.1, 0.15) is 17.4 Å². The summed E-state index contributed by atoms with van der Waals surface area (Å²) in [7, 11) is 0. The molecule has 3 rings (SSSR count). The van der Waals surface area contributed by atoms with Gasteiger partial charge in [0.15, 0.2) is 12.2 Å². The number of hydrogen-bond donors (Lipinski definition) is 6. The monoisotopic (exact) mass is 518 g/mol. The van der Waals surface area contributed by atoms with Crippen molar-refractivity contribution in [3.63, 3.8) is 0 Å². The van der Waals surface area contributed by atoms with E-state index in [1.54, 1.807) is 29.6 Å². The van der Waals surface area contributed by atoms with Crippen LogP contribution in [0, 0.1) is 0 Å². The van der Waals surface area contributed by atoms with Crippen LogP contribution in [0.25, 0.3) is 0 Å². The minimum atomic E-state index is -1.28. The molecule has 1 saturated heterocycles. The number of nitrogens with one attached hydrogen (secondary N) is 3. The van der Waals surface area contributed by atoms with Crippen LogP contribution in [0.15, 0.2) is 41.8 Å². The number of benzene rings is 1. The summed E-state index contributed by atoms with van der Waals surface area (Å²) in [5.41, 5.74) is 6.07. The number of carbonyl (C=O) groups is 5. The molecule has 5 atom stereocenters. The fraction of sp³-hybridized carbons (Fsp3) is 0.348. The van der Waals surface area contributed by atoms with Gasteiger partial charge in [-0.2, -0.15) is 0 Å². The van der Waals surface area contributed by atoms with Gasteiger partial charge in [-0.1, -0.05) is 18.2 Å². The Hall–Kier alpha value is -3.97. The lowest BCUT2D eigenvalue weighted by molar-refractivity contribution is -0.138. The average Bonchev–Trinajstić information content (AvgIpc) is 3.48. The van der Waals surface area contributed by atoms with Crippen molar-refractivity contribution in [3.8, 4) is 5.75 Å². The number of phenolic OH excluding ortho intramolecular Hbond substituents is 1. The summed E-state index contributed by atoms with van der Waals surface area (Å²) in [6.45, 7) is 1.40. The molecule has 1 aromatic heterocycles. The number of amides is 4. The van der Waals surface area contributed by atoms with Gasteiger partial charge in [0.2, 0.25) is 17.7 Å². The SMILES string of the molecule is C[C@H](NC(=O)[C@H](Cc1cccs1)NC(=O)[C@H]1O[C@@H]1C(=O)O)C(=O)N[C@@H](Cc1ccc(O)cc1)C(N)=O. The van der Waals surface area contributed by atoms with Crippen molar-refractivity contribution < 1.29 is 38.9 Å². The highest BCUT2D eigenvalue weighted by molar-refractivity contribution is 7.09. The normalized spacial score (nSPS) is 18.8. The number of carboxylic acid groups (broad SMARTS) is 1. The molecule has 13 heteroatoms. The zero-order valence-electron chi connectivity index (χ0n) is 19.2. The van der Waals surface area contributed by atoms with E-state index in [0.717, 1.165) is 4.88 Å². The van der Waals surface area contributed by atoms with Crippen LogP contribution in [0.5, 0.6) is 5.75 Å². The van der Waals surface area contributed by atoms with Gasteiger partial charge >= 0.3 is 5.97 Å². The second kappa shape index (κ2) is 11.6. The fourth-order valence-electron chi connectivity index (χ4n) is 3.36. The molecule has 2 heterocycles. The first-order valence-electron chi connectivity index (χ1n) is 10.9. The van der Waals surface area contributed by atoms with Gasteiger partial charge in [0.05, 0.1) is 0 Å². The molecule has 2 aromatic rings. The van der Waals surface area contributed by atoms with E-state index < -0.39 is 59.9 Å². The molecule has 4 amide bonds. The number of thiophene rings is 1. The zero-order valence-corrected chi connectivity index (χ0v) is 20.0. The summed E-state index contributed by atoms with van der Waals surface area (Å²) >= 11 is 1.36. The van der Waals surface area contributed by atoms with E-state index in [-0.39, 0.29) is 18.6 Å². The maximum atomic E-state index is 12.9. The number of epoxide rings is 1. The van der Waals surface area contributed by atoms with Crippen molar-refractivity contribution in [2.75, 3.05) is 0 Å². The molecule has 1 aliphatic heterocycles. The average molecular weight is 519 g/mol. The molecule has 0 unspecified atom stereocenters. The number of rotatable bonds is 12. The smallest absolute Gasteiger partial charge is 0.336 e. The molecule has 0 saturated carbocycles. The van der Waals surface area contributed by atoms with E-state index in [4.69, 9.17) is 15.6 Å². The molecule has 0 radical (unpaired) electrons. The molecular weight excluding hydrogens is 492 g/mol. The Bertz CT molecular complexity index is 1120. The van der Waals surface area contributed by atoms with Crippen LogP contribution in [0.3, 0.4) is 0 Å². The summed E-state index contributed by atoms with van der Waals surface area (Å²) < 4.78 is 4.83. The highest BCUT2D eigenvalue weighted by atomic mass is 32.1. The molecule has 12 nitrogen and oxygen atoms in total. The van der Waals surface area contributed by atoms with Gasteiger partial charge in [0.25, 0.3) is 5.91 Å². The second-order valence-electron chi connectivity index (χ2n) is 8.22. The van der Waals surface area contributed by atoms with E-state index in [2.05, 4.69) is 16.0 Å². The standard InChI is InChI=1S/C23H26N4O8S/c1-11(20(30)26-15(19(24)29)9-12-4-6-13(28)7-5-12)25-21(31)16(10-14-3-2-8-36-14)27-22(32)17-18(35-17)23(33)34/h2-8,11,15-18,28H,9-10H2,1H3,(H2,24,29)(H,25,31)(H,26,30)(H,27,32)(H,33,34)/t11-,15-,16-,17-,18-/m0/s1. The first-order chi connectivity index (χ1) is 17.0. The Balaban J connectivity index is 1.61. The Kier molecular flexibility index (Phi) is 8.61. The van der Waals surface area contributed by atoms with E-state index in [1.807, 2.05) is 0 Å². The zero-order chi connectivity index (χ0) is 26.4. The molecule has 7 N–H and O–H groups in total. The van der Waals surface area contributed by atoms with Crippen molar-refractivity contribution in [2.24, 2.45) is 5.73 Å². The second-order valence-corrected chi connectivity index (χ2v) is 9.26. The van der Waals surface area contributed by atoms with Crippen molar-refractivity contribution in [2.45, 2.75) is 50.1 Å². The molecule has 0 aliphatic carbocycles. The highest BCUT2D eigenvalue weighted by Gasteiger charge is 2.51. The lowest BCUT2D eigenvalue weighted by atomic mass is 10.0. The van der Waals surface area contributed by atoms with Crippen LogP contribution in [-0.4, -0.2) is 70.1 Å². The third kappa shape index (κ3) is 7.26. The molecule has 0 bridgehead atoms. The number of aliphatic carboxylic acids is 1. The third-order valence-corrected chi connectivity index (χ3v) is 6.30. The van der Waals surface area contributed by atoms with Gasteiger partial charge in [-0.3, -0.25) is 19.2 Å². The van der Waals surface area contributed by atoms with E-state index >= 15 is 0 Å². The van der Waals surface area contributed by atoms with Crippen LogP contribution < -0.4 is 21.7 Å². The number of ether oxygens (including phenoxy) is 1. The molecule has 1 aliphatic rings. The lowest BCUT2D eigenvalue weighted by Crippen LogP contribution is -2.56. The van der Waals surface area contributed by atoms with Crippen LogP contribution in [0.4, 0.5) is 0 Å². The number of carbonyl (C=O) groups excluding carboxylic acids is 4. The summed E-state index contributed by atoms with van der Waals surface area (Å²) in [6, 6.07) is 6.31. The summed E-state index contributed by atoms with van der Waals surface area (Å²) in [5.74, 6) is -4.12. The van der Waals surface area contributed by atoms with E-state index in [0.29, 0.717) is 5.56 Å². The number of primary amides is 1. The van der Waals surface area contributed by atoms with Gasteiger partial charge in [0.1, 0.15) is 23.9 Å². The fourth-order valence-corrected chi connectivity index (χ4v) is 4.11. The number of carboxylic acids is 1. The summed E-state index contributed by atoms with van der Waals surface area (Å²) in [4.78, 5) is 61.6. The van der Waals surface area contributed by atoms with Crippen molar-refractivity contribution in [1.82, 2.24) is 16.0 Å². The maximum Gasteiger partial charge on any atom is 0.336 e. The minimum Gasteiger partial charge on any atom is -0.508 e. The van der Waals surface area contributed by atoms with Crippen molar-refractivity contribution in [3.05, 3.63) is 52.2 Å². The van der Waals surface area contributed by atoms with E-state index in [1.165, 1.54) is 30.4 Å². The number of nitrogens with two attached hydrogens (primary N) is 1. The Morgan fingerprint density at radius 1 is 0.972 bits per heavy atom. The first-order valence-corrected chi connectivity index (χ1v) is 11.8. The Morgan fingerprint density at radius 2 is 1.67 bits per heavy atom.